The van der Waals surface area contributed by atoms with Gasteiger partial charge in [0.05, 0.1) is 6.54 Å². The standard InChI is InChI=1S/C16H14N2O/c19-16(12-6-2-1-3-7-12)17-11-14-10-13-8-4-5-9-15(13)18-14/h1-10,18H,11H2,(H,17,19). The Kier molecular flexibility index (Phi) is 3.02. The number of hydrogen-bond acceptors (Lipinski definition) is 1. The molecule has 19 heavy (non-hydrogen) atoms. The van der Waals surface area contributed by atoms with Crippen LogP contribution in [-0.2, 0) is 6.54 Å². The molecule has 0 unspecified atom stereocenters. The van der Waals surface area contributed by atoms with Gasteiger partial charge in [-0.3, -0.25) is 4.79 Å². The molecule has 0 aliphatic heterocycles. The van der Waals surface area contributed by atoms with Gasteiger partial charge < -0.3 is 10.3 Å². The highest BCUT2D eigenvalue weighted by atomic mass is 16.1. The van der Waals surface area contributed by atoms with Crippen molar-refractivity contribution in [1.29, 1.82) is 0 Å². The van der Waals surface area contributed by atoms with Crippen LogP contribution >= 0.6 is 0 Å². The number of carbonyl (C=O) groups is 1. The van der Waals surface area contributed by atoms with E-state index >= 15 is 0 Å². The van der Waals surface area contributed by atoms with Gasteiger partial charge in [-0.05, 0) is 29.7 Å². The molecular formula is C16H14N2O. The molecule has 0 atom stereocenters. The van der Waals surface area contributed by atoms with Crippen LogP contribution in [0.3, 0.4) is 0 Å². The molecule has 0 aliphatic carbocycles. The van der Waals surface area contributed by atoms with E-state index in [0.29, 0.717) is 12.1 Å². The number of benzene rings is 2. The van der Waals surface area contributed by atoms with Gasteiger partial charge in [0.15, 0.2) is 0 Å². The first-order chi connectivity index (χ1) is 9.33. The molecule has 2 aromatic carbocycles. The predicted octanol–water partition coefficient (Wildman–Crippen LogP) is 3.10. The number of para-hydroxylation sites is 1. The number of amides is 1. The fraction of sp³-hybridized carbons (Fsp3) is 0.0625. The molecule has 0 saturated heterocycles. The van der Waals surface area contributed by atoms with Crippen LogP contribution < -0.4 is 5.32 Å². The Hall–Kier alpha value is -2.55. The summed E-state index contributed by atoms with van der Waals surface area (Å²) in [7, 11) is 0. The number of H-pyrrole nitrogens is 1. The molecule has 1 heterocycles. The first-order valence-corrected chi connectivity index (χ1v) is 6.23. The van der Waals surface area contributed by atoms with Crippen molar-refractivity contribution in [3.8, 4) is 0 Å². The molecule has 3 heteroatoms. The normalized spacial score (nSPS) is 10.5. The van der Waals surface area contributed by atoms with Crippen molar-refractivity contribution in [2.75, 3.05) is 0 Å². The van der Waals surface area contributed by atoms with Crippen molar-refractivity contribution in [3.63, 3.8) is 0 Å². The molecule has 3 rings (SSSR count). The summed E-state index contributed by atoms with van der Waals surface area (Å²) in [4.78, 5) is 15.2. The third-order valence-electron chi connectivity index (χ3n) is 3.06. The van der Waals surface area contributed by atoms with E-state index in [9.17, 15) is 4.79 Å². The van der Waals surface area contributed by atoms with Gasteiger partial charge in [-0.25, -0.2) is 0 Å². The Bertz CT molecular complexity index is 668. The summed E-state index contributed by atoms with van der Waals surface area (Å²) in [6.07, 6.45) is 0. The van der Waals surface area contributed by atoms with E-state index in [4.69, 9.17) is 0 Å². The third-order valence-corrected chi connectivity index (χ3v) is 3.06. The zero-order chi connectivity index (χ0) is 13.1. The minimum absolute atomic E-state index is 0.0562. The molecule has 1 aromatic heterocycles. The van der Waals surface area contributed by atoms with Crippen LogP contribution in [-0.4, -0.2) is 10.9 Å². The zero-order valence-corrected chi connectivity index (χ0v) is 10.4. The fourth-order valence-electron chi connectivity index (χ4n) is 2.10. The lowest BCUT2D eigenvalue weighted by Crippen LogP contribution is -2.22. The summed E-state index contributed by atoms with van der Waals surface area (Å²) in [6, 6.07) is 19.4. The summed E-state index contributed by atoms with van der Waals surface area (Å²) in [5.74, 6) is -0.0562. The van der Waals surface area contributed by atoms with E-state index < -0.39 is 0 Å². The maximum absolute atomic E-state index is 11.9. The second-order valence-corrected chi connectivity index (χ2v) is 4.43. The number of aromatic amines is 1. The van der Waals surface area contributed by atoms with Crippen molar-refractivity contribution >= 4 is 16.8 Å². The van der Waals surface area contributed by atoms with Crippen LogP contribution in [0.2, 0.25) is 0 Å². The Labute approximate surface area is 111 Å². The summed E-state index contributed by atoms with van der Waals surface area (Å²) >= 11 is 0. The summed E-state index contributed by atoms with van der Waals surface area (Å²) < 4.78 is 0. The summed E-state index contributed by atoms with van der Waals surface area (Å²) in [5, 5.41) is 4.06. The average Bonchev–Trinajstić information content (AvgIpc) is 2.88. The van der Waals surface area contributed by atoms with E-state index in [1.54, 1.807) is 12.1 Å². The van der Waals surface area contributed by atoms with Crippen LogP contribution in [0.1, 0.15) is 16.1 Å². The first-order valence-electron chi connectivity index (χ1n) is 6.23. The van der Waals surface area contributed by atoms with Crippen molar-refractivity contribution < 1.29 is 4.79 Å². The summed E-state index contributed by atoms with van der Waals surface area (Å²) in [5.41, 5.74) is 2.77. The second kappa shape index (κ2) is 4.98. The third kappa shape index (κ3) is 2.50. The minimum atomic E-state index is -0.0562. The zero-order valence-electron chi connectivity index (χ0n) is 10.4. The largest absolute Gasteiger partial charge is 0.357 e. The summed E-state index contributed by atoms with van der Waals surface area (Å²) in [6.45, 7) is 0.502. The van der Waals surface area contributed by atoms with Crippen LogP contribution in [0.15, 0.2) is 60.7 Å². The number of hydrogen-bond donors (Lipinski definition) is 2. The van der Waals surface area contributed by atoms with Crippen LogP contribution in [0.4, 0.5) is 0 Å². The fourth-order valence-corrected chi connectivity index (χ4v) is 2.10. The monoisotopic (exact) mass is 250 g/mol. The number of fused-ring (bicyclic) bond motifs is 1. The van der Waals surface area contributed by atoms with Gasteiger partial charge in [0.1, 0.15) is 0 Å². The number of aromatic nitrogens is 1. The van der Waals surface area contributed by atoms with Gasteiger partial charge in [-0.2, -0.15) is 0 Å². The van der Waals surface area contributed by atoms with E-state index in [2.05, 4.69) is 16.4 Å². The van der Waals surface area contributed by atoms with Gasteiger partial charge in [0.25, 0.3) is 5.91 Å². The van der Waals surface area contributed by atoms with E-state index in [-0.39, 0.29) is 5.91 Å². The average molecular weight is 250 g/mol. The molecule has 3 nitrogen and oxygen atoms in total. The number of carbonyl (C=O) groups excluding carboxylic acids is 1. The molecule has 0 radical (unpaired) electrons. The molecule has 0 saturated carbocycles. The first kappa shape index (κ1) is 11.5. The Morgan fingerprint density at radius 1 is 1.00 bits per heavy atom. The lowest BCUT2D eigenvalue weighted by atomic mass is 10.2. The highest BCUT2D eigenvalue weighted by Crippen LogP contribution is 2.14. The smallest absolute Gasteiger partial charge is 0.251 e. The molecule has 0 spiro atoms. The number of nitrogens with one attached hydrogen (secondary N) is 2. The Morgan fingerprint density at radius 3 is 2.53 bits per heavy atom. The van der Waals surface area contributed by atoms with Crippen molar-refractivity contribution in [2.45, 2.75) is 6.54 Å². The van der Waals surface area contributed by atoms with Gasteiger partial charge in [-0.1, -0.05) is 36.4 Å². The van der Waals surface area contributed by atoms with Gasteiger partial charge in [0, 0.05) is 16.8 Å². The molecule has 0 bridgehead atoms. The van der Waals surface area contributed by atoms with Crippen molar-refractivity contribution in [1.82, 2.24) is 10.3 Å². The van der Waals surface area contributed by atoms with Crippen LogP contribution in [0.25, 0.3) is 10.9 Å². The second-order valence-electron chi connectivity index (χ2n) is 4.43. The topological polar surface area (TPSA) is 44.9 Å². The molecule has 1 amide bonds. The van der Waals surface area contributed by atoms with Crippen LogP contribution in [0.5, 0.6) is 0 Å². The quantitative estimate of drug-likeness (QED) is 0.737. The highest BCUT2D eigenvalue weighted by molar-refractivity contribution is 5.94. The molecule has 0 aliphatic rings. The molecule has 94 valence electrons. The van der Waals surface area contributed by atoms with Crippen molar-refractivity contribution in [2.24, 2.45) is 0 Å². The van der Waals surface area contributed by atoms with Crippen LogP contribution in [0, 0.1) is 0 Å². The minimum Gasteiger partial charge on any atom is -0.357 e. The van der Waals surface area contributed by atoms with E-state index in [1.165, 1.54) is 0 Å². The molecule has 2 N–H and O–H groups in total. The van der Waals surface area contributed by atoms with Crippen molar-refractivity contribution in [3.05, 3.63) is 71.9 Å². The van der Waals surface area contributed by atoms with Gasteiger partial charge in [-0.15, -0.1) is 0 Å². The van der Waals surface area contributed by atoms with E-state index in [1.807, 2.05) is 42.5 Å². The lowest BCUT2D eigenvalue weighted by molar-refractivity contribution is 0.0950. The van der Waals surface area contributed by atoms with Gasteiger partial charge >= 0.3 is 0 Å². The van der Waals surface area contributed by atoms with E-state index in [0.717, 1.165) is 16.6 Å². The molecule has 3 aromatic rings. The highest BCUT2D eigenvalue weighted by Gasteiger charge is 2.05. The van der Waals surface area contributed by atoms with Gasteiger partial charge in [0.2, 0.25) is 0 Å². The SMILES string of the molecule is O=C(NCc1cc2ccccc2[nH]1)c1ccccc1. The lowest BCUT2D eigenvalue weighted by Gasteiger charge is -2.03. The number of rotatable bonds is 3. The maximum atomic E-state index is 11.9. The Morgan fingerprint density at radius 2 is 1.74 bits per heavy atom. The predicted molar refractivity (Wildman–Crippen MR) is 75.9 cm³/mol. The molecule has 0 fully saturated rings. The molecular weight excluding hydrogens is 236 g/mol. The Balaban J connectivity index is 1.71. The maximum Gasteiger partial charge on any atom is 0.251 e.